The van der Waals surface area contributed by atoms with E-state index in [-0.39, 0.29) is 17.7 Å². The van der Waals surface area contributed by atoms with Crippen LogP contribution in [0.5, 0.6) is 0 Å². The molecule has 1 heterocycles. The third-order valence-corrected chi connectivity index (χ3v) is 4.33. The predicted octanol–water partition coefficient (Wildman–Crippen LogP) is 4.29. The van der Waals surface area contributed by atoms with Gasteiger partial charge in [-0.25, -0.2) is 14.6 Å². The number of hydrogen-bond donors (Lipinski definition) is 2. The van der Waals surface area contributed by atoms with Gasteiger partial charge >= 0.3 is 12.0 Å². The Kier molecular flexibility index (Phi) is 5.44. The molecule has 0 bridgehead atoms. The van der Waals surface area contributed by atoms with E-state index >= 15 is 0 Å². The first-order valence-corrected chi connectivity index (χ1v) is 8.48. The number of hydrogen-bond acceptors (Lipinski definition) is 5. The van der Waals surface area contributed by atoms with Crippen molar-refractivity contribution in [3.8, 4) is 11.5 Å². The number of carbonyl (C=O) groups is 1. The number of hydrazone groups is 1. The average Bonchev–Trinajstić information content (AvgIpc) is 3.09. The lowest BCUT2D eigenvalue weighted by Gasteiger charge is -2.22. The van der Waals surface area contributed by atoms with Crippen LogP contribution in [0.1, 0.15) is 26.7 Å². The molecule has 2 aromatic rings. The molecule has 0 radical (unpaired) electrons. The topological polar surface area (TPSA) is 92.4 Å². The lowest BCUT2D eigenvalue weighted by Crippen LogP contribution is -2.27. The molecule has 1 aromatic carbocycles. The monoisotopic (exact) mass is 369 g/mol. The van der Waals surface area contributed by atoms with Crippen molar-refractivity contribution in [2.45, 2.75) is 26.7 Å². The maximum absolute atomic E-state index is 13.0. The van der Waals surface area contributed by atoms with Gasteiger partial charge in [0.1, 0.15) is 5.82 Å². The maximum atomic E-state index is 13.0. The molecule has 0 fully saturated rings. The number of carbonyl (C=O) groups excluding carboxylic acids is 1. The average molecular weight is 369 g/mol. The molecule has 27 heavy (non-hydrogen) atoms. The number of urea groups is 1. The summed E-state index contributed by atoms with van der Waals surface area (Å²) >= 11 is 0. The Bertz CT molecular complexity index is 914. The van der Waals surface area contributed by atoms with E-state index in [1.165, 1.54) is 24.3 Å². The zero-order valence-corrected chi connectivity index (χ0v) is 15.1. The largest absolute Gasteiger partial charge is 0.403 e. The molecule has 0 saturated heterocycles. The lowest BCUT2D eigenvalue weighted by molar-refractivity contribution is 0.252. The molecule has 140 valence electrons. The third kappa shape index (κ3) is 4.66. The summed E-state index contributed by atoms with van der Waals surface area (Å²) in [5.41, 5.74) is 5.92. The first-order valence-electron chi connectivity index (χ1n) is 8.48. The van der Waals surface area contributed by atoms with E-state index in [0.29, 0.717) is 11.5 Å². The van der Waals surface area contributed by atoms with E-state index in [9.17, 15) is 9.18 Å². The summed E-state index contributed by atoms with van der Waals surface area (Å²) in [5, 5.41) is 14.2. The summed E-state index contributed by atoms with van der Waals surface area (Å²) in [6, 6.07) is 4.91. The van der Waals surface area contributed by atoms with Crippen molar-refractivity contribution in [2.75, 3.05) is 5.32 Å². The summed E-state index contributed by atoms with van der Waals surface area (Å²) in [6.45, 7) is 7.94. The lowest BCUT2D eigenvalue weighted by atomic mass is 9.85. The number of amides is 2. The molecular weight excluding hydrogens is 349 g/mol. The van der Waals surface area contributed by atoms with E-state index in [4.69, 9.17) is 4.42 Å². The van der Waals surface area contributed by atoms with Gasteiger partial charge < -0.3 is 4.42 Å². The Morgan fingerprint density at radius 1 is 1.33 bits per heavy atom. The summed E-state index contributed by atoms with van der Waals surface area (Å²) in [6.07, 6.45) is 3.75. The number of halogens is 1. The van der Waals surface area contributed by atoms with Crippen molar-refractivity contribution < 1.29 is 13.6 Å². The Balaban J connectivity index is 1.61. The second-order valence-electron chi connectivity index (χ2n) is 6.41. The number of aromatic nitrogens is 2. The quantitative estimate of drug-likeness (QED) is 0.621. The first kappa shape index (κ1) is 18.5. The second-order valence-corrected chi connectivity index (χ2v) is 6.41. The van der Waals surface area contributed by atoms with Gasteiger partial charge in [-0.2, -0.15) is 5.10 Å². The van der Waals surface area contributed by atoms with Crippen LogP contribution in [0.3, 0.4) is 0 Å². The van der Waals surface area contributed by atoms with Gasteiger partial charge in [0.25, 0.3) is 0 Å². The Morgan fingerprint density at radius 2 is 2.07 bits per heavy atom. The van der Waals surface area contributed by atoms with E-state index < -0.39 is 6.03 Å². The van der Waals surface area contributed by atoms with Gasteiger partial charge in [0.05, 0.1) is 5.71 Å². The van der Waals surface area contributed by atoms with Crippen molar-refractivity contribution >= 4 is 17.8 Å². The first-order chi connectivity index (χ1) is 12.9. The van der Waals surface area contributed by atoms with Crippen LogP contribution in [0.2, 0.25) is 0 Å². The third-order valence-electron chi connectivity index (χ3n) is 4.33. The number of allylic oxidation sites excluding steroid dienone is 3. The fourth-order valence-electron chi connectivity index (χ4n) is 2.65. The fraction of sp³-hybridized carbons (Fsp3) is 0.263. The van der Waals surface area contributed by atoms with Crippen LogP contribution in [0.15, 0.2) is 57.6 Å². The molecule has 8 heteroatoms. The van der Waals surface area contributed by atoms with E-state index in [1.54, 1.807) is 0 Å². The molecular formula is C19H20FN5O2. The smallest absolute Gasteiger partial charge is 0.343 e. The van der Waals surface area contributed by atoms with E-state index in [1.807, 2.05) is 13.8 Å². The zero-order chi connectivity index (χ0) is 19.4. The van der Waals surface area contributed by atoms with Gasteiger partial charge in [-0.1, -0.05) is 23.3 Å². The minimum absolute atomic E-state index is 0.0808. The van der Waals surface area contributed by atoms with E-state index in [0.717, 1.165) is 29.7 Å². The Hall–Kier alpha value is -3.29. The summed E-state index contributed by atoms with van der Waals surface area (Å²) in [4.78, 5) is 12.0. The highest BCUT2D eigenvalue weighted by molar-refractivity contribution is 6.01. The molecule has 0 unspecified atom stereocenters. The van der Waals surface area contributed by atoms with Gasteiger partial charge in [-0.3, -0.25) is 5.32 Å². The van der Waals surface area contributed by atoms with Crippen LogP contribution in [0.25, 0.3) is 11.5 Å². The Labute approximate surface area is 156 Å². The molecule has 7 nitrogen and oxygen atoms in total. The molecule has 1 aromatic heterocycles. The van der Waals surface area contributed by atoms with Crippen molar-refractivity contribution in [1.82, 2.24) is 15.6 Å². The SMILES string of the molecule is C=C(C)[C@@H]1CC=C(C)/C(=N/NC(=O)Nc2nnc(-c3ccc(F)cc3)o2)C1. The minimum Gasteiger partial charge on any atom is -0.403 e. The van der Waals surface area contributed by atoms with Gasteiger partial charge in [-0.15, -0.1) is 5.10 Å². The summed E-state index contributed by atoms with van der Waals surface area (Å²) in [7, 11) is 0. The van der Waals surface area contributed by atoms with Crippen molar-refractivity contribution in [3.05, 3.63) is 53.9 Å². The second kappa shape index (κ2) is 7.94. The van der Waals surface area contributed by atoms with E-state index in [2.05, 4.69) is 38.7 Å². The molecule has 1 aliphatic rings. The summed E-state index contributed by atoms with van der Waals surface area (Å²) < 4.78 is 18.3. The summed E-state index contributed by atoms with van der Waals surface area (Å²) in [5.74, 6) is 0.134. The normalized spacial score (nSPS) is 18.1. The molecule has 2 N–H and O–H groups in total. The molecule has 0 aliphatic heterocycles. The van der Waals surface area contributed by atoms with Crippen molar-refractivity contribution in [1.29, 1.82) is 0 Å². The number of rotatable bonds is 4. The molecule has 1 atom stereocenters. The van der Waals surface area contributed by atoms with Crippen LogP contribution in [-0.2, 0) is 0 Å². The zero-order valence-electron chi connectivity index (χ0n) is 15.1. The van der Waals surface area contributed by atoms with Crippen LogP contribution in [-0.4, -0.2) is 21.9 Å². The number of nitrogens with zero attached hydrogens (tertiary/aromatic N) is 3. The van der Waals surface area contributed by atoms with Gasteiger partial charge in [0.15, 0.2) is 0 Å². The van der Waals surface area contributed by atoms with Crippen molar-refractivity contribution in [2.24, 2.45) is 11.0 Å². The van der Waals surface area contributed by atoms with Crippen LogP contribution in [0, 0.1) is 11.7 Å². The number of anilines is 1. The number of benzene rings is 1. The van der Waals surface area contributed by atoms with Gasteiger partial charge in [0, 0.05) is 5.56 Å². The maximum Gasteiger partial charge on any atom is 0.343 e. The molecule has 0 spiro atoms. The van der Waals surface area contributed by atoms with Crippen LogP contribution < -0.4 is 10.7 Å². The predicted molar refractivity (Wildman–Crippen MR) is 101 cm³/mol. The highest BCUT2D eigenvalue weighted by Gasteiger charge is 2.19. The minimum atomic E-state index is -0.595. The molecule has 1 aliphatic carbocycles. The van der Waals surface area contributed by atoms with Gasteiger partial charge in [0.2, 0.25) is 5.89 Å². The highest BCUT2D eigenvalue weighted by Crippen LogP contribution is 2.26. The standard InChI is InChI=1S/C19H20FN5O2/c1-11(2)14-5-4-12(3)16(10-14)22-24-18(26)21-19-25-23-17(27-19)13-6-8-15(20)9-7-13/h4,6-9,14H,1,5,10H2,2-3H3,(H2,21,24,25,26)/b22-16+/t14-/m1/s1. The highest BCUT2D eigenvalue weighted by atomic mass is 19.1. The van der Waals surface area contributed by atoms with Crippen molar-refractivity contribution in [3.63, 3.8) is 0 Å². The number of nitrogens with one attached hydrogen (secondary N) is 2. The van der Waals surface area contributed by atoms with Crippen LogP contribution >= 0.6 is 0 Å². The molecule has 3 rings (SSSR count). The van der Waals surface area contributed by atoms with Crippen LogP contribution in [0.4, 0.5) is 15.2 Å². The fourth-order valence-corrected chi connectivity index (χ4v) is 2.65. The van der Waals surface area contributed by atoms with Gasteiger partial charge in [-0.05, 0) is 62.4 Å². The molecule has 2 amide bonds. The molecule has 0 saturated carbocycles. The Morgan fingerprint density at radius 3 is 2.78 bits per heavy atom.